The van der Waals surface area contributed by atoms with Crippen LogP contribution in [-0.4, -0.2) is 22.9 Å². The lowest BCUT2D eigenvalue weighted by molar-refractivity contribution is 0.102. The molecule has 5 heteroatoms. The van der Waals surface area contributed by atoms with E-state index in [-0.39, 0.29) is 17.2 Å². The van der Waals surface area contributed by atoms with Gasteiger partial charge in [0.25, 0.3) is 0 Å². The number of hydrogen-bond acceptors (Lipinski definition) is 4. The van der Waals surface area contributed by atoms with Crippen LogP contribution in [0.3, 0.4) is 0 Å². The van der Waals surface area contributed by atoms with Crippen molar-refractivity contribution >= 4 is 17.4 Å². The summed E-state index contributed by atoms with van der Waals surface area (Å²) >= 11 is 5.71. The van der Waals surface area contributed by atoms with E-state index in [2.05, 4.69) is 9.97 Å². The van der Waals surface area contributed by atoms with Gasteiger partial charge in [-0.05, 0) is 24.3 Å². The third-order valence-electron chi connectivity index (χ3n) is 2.17. The predicted molar refractivity (Wildman–Crippen MR) is 63.5 cm³/mol. The maximum absolute atomic E-state index is 12.1. The minimum absolute atomic E-state index is 0.241. The molecule has 2 aromatic heterocycles. The fraction of sp³-hybridized carbons (Fsp3) is 0.0833. The zero-order valence-corrected chi connectivity index (χ0v) is 9.81. The lowest BCUT2D eigenvalue weighted by Crippen LogP contribution is -2.08. The highest BCUT2D eigenvalue weighted by molar-refractivity contribution is 6.30. The van der Waals surface area contributed by atoms with E-state index in [1.165, 1.54) is 19.5 Å². The Labute approximate surface area is 103 Å². The van der Waals surface area contributed by atoms with Crippen LogP contribution in [0.1, 0.15) is 16.2 Å². The van der Waals surface area contributed by atoms with Gasteiger partial charge >= 0.3 is 0 Å². The number of aromatic nitrogens is 2. The van der Waals surface area contributed by atoms with Gasteiger partial charge in [0.05, 0.1) is 12.1 Å². The predicted octanol–water partition coefficient (Wildman–Crippen LogP) is 2.37. The van der Waals surface area contributed by atoms with Gasteiger partial charge in [-0.3, -0.25) is 9.78 Å². The highest BCUT2D eigenvalue weighted by Crippen LogP contribution is 2.18. The van der Waals surface area contributed by atoms with Crippen LogP contribution in [0.2, 0.25) is 5.02 Å². The SMILES string of the molecule is COc1cccnc1C(=O)c1ccc(Cl)cn1. The molecular formula is C12H9ClN2O2. The summed E-state index contributed by atoms with van der Waals surface area (Å²) in [6.07, 6.45) is 2.95. The molecule has 0 fully saturated rings. The Morgan fingerprint density at radius 3 is 2.76 bits per heavy atom. The molecule has 0 bridgehead atoms. The van der Waals surface area contributed by atoms with Crippen molar-refractivity contribution in [3.8, 4) is 5.75 Å². The topological polar surface area (TPSA) is 52.1 Å². The monoisotopic (exact) mass is 248 g/mol. The third kappa shape index (κ3) is 2.42. The molecule has 4 nitrogen and oxygen atoms in total. The summed E-state index contributed by atoms with van der Waals surface area (Å²) < 4.78 is 5.07. The zero-order chi connectivity index (χ0) is 12.3. The molecule has 0 aliphatic rings. The van der Waals surface area contributed by atoms with Gasteiger partial charge in [-0.1, -0.05) is 11.6 Å². The second-order valence-electron chi connectivity index (χ2n) is 3.25. The summed E-state index contributed by atoms with van der Waals surface area (Å²) in [6, 6.07) is 6.54. The molecule has 0 saturated heterocycles. The summed E-state index contributed by atoms with van der Waals surface area (Å²) in [5, 5.41) is 0.481. The summed E-state index contributed by atoms with van der Waals surface area (Å²) in [6.45, 7) is 0. The number of halogens is 1. The van der Waals surface area contributed by atoms with Crippen LogP contribution in [0.25, 0.3) is 0 Å². The minimum Gasteiger partial charge on any atom is -0.494 e. The number of methoxy groups -OCH3 is 1. The lowest BCUT2D eigenvalue weighted by Gasteiger charge is -2.05. The molecule has 17 heavy (non-hydrogen) atoms. The molecule has 0 radical (unpaired) electrons. The number of ether oxygens (including phenoxy) is 1. The number of nitrogens with zero attached hydrogens (tertiary/aromatic N) is 2. The molecular weight excluding hydrogens is 240 g/mol. The van der Waals surface area contributed by atoms with Crippen LogP contribution in [0, 0.1) is 0 Å². The second-order valence-corrected chi connectivity index (χ2v) is 3.68. The van der Waals surface area contributed by atoms with E-state index in [9.17, 15) is 4.79 Å². The average molecular weight is 249 g/mol. The largest absolute Gasteiger partial charge is 0.494 e. The van der Waals surface area contributed by atoms with Crippen molar-refractivity contribution in [2.45, 2.75) is 0 Å². The van der Waals surface area contributed by atoms with Gasteiger partial charge in [-0.2, -0.15) is 0 Å². The third-order valence-corrected chi connectivity index (χ3v) is 2.39. The van der Waals surface area contributed by atoms with Gasteiger partial charge in [0.1, 0.15) is 11.4 Å². The molecule has 0 spiro atoms. The number of carbonyl (C=O) groups is 1. The normalized spacial score (nSPS) is 10.0. The molecule has 0 amide bonds. The standard InChI is InChI=1S/C12H9ClN2O2/c1-17-10-3-2-6-14-11(10)12(16)9-5-4-8(13)7-15-9/h2-7H,1H3. The van der Waals surface area contributed by atoms with Gasteiger partial charge < -0.3 is 4.74 Å². The maximum atomic E-state index is 12.1. The van der Waals surface area contributed by atoms with Crippen LogP contribution in [-0.2, 0) is 0 Å². The van der Waals surface area contributed by atoms with Crippen LogP contribution in [0.4, 0.5) is 0 Å². The Hall–Kier alpha value is -1.94. The molecule has 0 N–H and O–H groups in total. The fourth-order valence-electron chi connectivity index (χ4n) is 1.36. The maximum Gasteiger partial charge on any atom is 0.233 e. The molecule has 2 aromatic rings. The summed E-state index contributed by atoms with van der Waals surface area (Å²) in [5.74, 6) is 0.133. The Morgan fingerprint density at radius 1 is 1.29 bits per heavy atom. The van der Waals surface area contributed by atoms with Gasteiger partial charge in [-0.15, -0.1) is 0 Å². The second kappa shape index (κ2) is 4.93. The van der Waals surface area contributed by atoms with Crippen molar-refractivity contribution < 1.29 is 9.53 Å². The van der Waals surface area contributed by atoms with Crippen molar-refractivity contribution in [2.75, 3.05) is 7.11 Å². The number of pyridine rings is 2. The van der Waals surface area contributed by atoms with Gasteiger partial charge in [0.15, 0.2) is 5.69 Å². The molecule has 0 unspecified atom stereocenters. The van der Waals surface area contributed by atoms with Gasteiger partial charge in [-0.25, -0.2) is 4.98 Å². The molecule has 0 saturated carbocycles. The highest BCUT2D eigenvalue weighted by atomic mass is 35.5. The summed E-state index contributed by atoms with van der Waals surface area (Å²) in [5.41, 5.74) is 0.524. The smallest absolute Gasteiger partial charge is 0.233 e. The van der Waals surface area contributed by atoms with Gasteiger partial charge in [0.2, 0.25) is 5.78 Å². The van der Waals surface area contributed by atoms with Crippen LogP contribution in [0.5, 0.6) is 5.75 Å². The number of hydrogen-bond donors (Lipinski definition) is 0. The number of carbonyl (C=O) groups excluding carboxylic acids is 1. The Balaban J connectivity index is 2.40. The van der Waals surface area contributed by atoms with Crippen molar-refractivity contribution in [1.82, 2.24) is 9.97 Å². The number of rotatable bonds is 3. The van der Waals surface area contributed by atoms with E-state index in [1.807, 2.05) is 0 Å². The fourth-order valence-corrected chi connectivity index (χ4v) is 1.47. The Morgan fingerprint density at radius 2 is 2.12 bits per heavy atom. The summed E-state index contributed by atoms with van der Waals surface area (Å²) in [4.78, 5) is 20.0. The Kier molecular flexibility index (Phi) is 3.35. The molecule has 2 rings (SSSR count). The molecule has 0 atom stereocenters. The van der Waals surface area contributed by atoms with E-state index in [4.69, 9.17) is 16.3 Å². The van der Waals surface area contributed by atoms with Crippen molar-refractivity contribution in [3.63, 3.8) is 0 Å². The van der Waals surface area contributed by atoms with Crippen molar-refractivity contribution in [2.24, 2.45) is 0 Å². The van der Waals surface area contributed by atoms with E-state index >= 15 is 0 Å². The first kappa shape index (κ1) is 11.5. The zero-order valence-electron chi connectivity index (χ0n) is 9.05. The first-order valence-electron chi connectivity index (χ1n) is 4.87. The van der Waals surface area contributed by atoms with Crippen LogP contribution in [0.15, 0.2) is 36.7 Å². The first-order valence-corrected chi connectivity index (χ1v) is 5.25. The van der Waals surface area contributed by atoms with Crippen LogP contribution >= 0.6 is 11.6 Å². The van der Waals surface area contributed by atoms with Crippen LogP contribution < -0.4 is 4.74 Å². The number of ketones is 1. The van der Waals surface area contributed by atoms with Gasteiger partial charge in [0, 0.05) is 12.4 Å². The van der Waals surface area contributed by atoms with E-state index < -0.39 is 0 Å². The Bertz CT molecular complexity index is 540. The van der Waals surface area contributed by atoms with E-state index in [0.29, 0.717) is 10.8 Å². The van der Waals surface area contributed by atoms with Crippen molar-refractivity contribution in [1.29, 1.82) is 0 Å². The first-order chi connectivity index (χ1) is 8.22. The molecule has 0 aromatic carbocycles. The summed E-state index contributed by atoms with van der Waals surface area (Å²) in [7, 11) is 1.49. The molecule has 0 aliphatic carbocycles. The average Bonchev–Trinajstić information content (AvgIpc) is 2.39. The quantitative estimate of drug-likeness (QED) is 0.783. The lowest BCUT2D eigenvalue weighted by atomic mass is 10.1. The van der Waals surface area contributed by atoms with E-state index in [1.54, 1.807) is 24.3 Å². The molecule has 86 valence electrons. The minimum atomic E-state index is -0.292. The molecule has 2 heterocycles. The van der Waals surface area contributed by atoms with E-state index in [0.717, 1.165) is 0 Å². The molecule has 0 aliphatic heterocycles. The highest BCUT2D eigenvalue weighted by Gasteiger charge is 2.16. The van der Waals surface area contributed by atoms with Crippen molar-refractivity contribution in [3.05, 3.63) is 53.1 Å².